The van der Waals surface area contributed by atoms with Crippen LogP contribution in [0.15, 0.2) is 22.7 Å². The lowest BCUT2D eigenvalue weighted by Gasteiger charge is -2.10. The van der Waals surface area contributed by atoms with Crippen molar-refractivity contribution in [1.29, 1.82) is 0 Å². The molecule has 0 unspecified atom stereocenters. The summed E-state index contributed by atoms with van der Waals surface area (Å²) in [4.78, 5) is 8.85. The SMILES string of the molecule is CC(C)Cc1nc(-c2cc(Cl)cc(Cl)c2)nc(Cl)c1Br. The standard InChI is InChI=1S/C14H12BrCl3N2/c1-7(2)3-11-12(15)13(18)20-14(19-11)8-4-9(16)6-10(17)5-8/h4-7H,3H2,1-2H3. The molecule has 0 saturated heterocycles. The van der Waals surface area contributed by atoms with Gasteiger partial charge in [-0.05, 0) is 46.5 Å². The molecule has 2 nitrogen and oxygen atoms in total. The highest BCUT2D eigenvalue weighted by Crippen LogP contribution is 2.30. The van der Waals surface area contributed by atoms with Gasteiger partial charge in [-0.15, -0.1) is 0 Å². The summed E-state index contributed by atoms with van der Waals surface area (Å²) < 4.78 is 0.741. The molecule has 0 aliphatic rings. The van der Waals surface area contributed by atoms with Crippen LogP contribution in [0.1, 0.15) is 19.5 Å². The van der Waals surface area contributed by atoms with Crippen molar-refractivity contribution in [1.82, 2.24) is 9.97 Å². The van der Waals surface area contributed by atoms with Gasteiger partial charge in [-0.1, -0.05) is 48.7 Å². The van der Waals surface area contributed by atoms with E-state index in [1.54, 1.807) is 18.2 Å². The highest BCUT2D eigenvalue weighted by molar-refractivity contribution is 9.10. The van der Waals surface area contributed by atoms with Gasteiger partial charge in [0.05, 0.1) is 10.2 Å². The predicted octanol–water partition coefficient (Wildman–Crippen LogP) is 6.06. The first-order chi connectivity index (χ1) is 9.36. The summed E-state index contributed by atoms with van der Waals surface area (Å²) in [5, 5.41) is 1.47. The Morgan fingerprint density at radius 3 is 2.20 bits per heavy atom. The second kappa shape index (κ2) is 6.61. The van der Waals surface area contributed by atoms with Crippen molar-refractivity contribution in [2.24, 2.45) is 5.92 Å². The average Bonchev–Trinajstić information content (AvgIpc) is 2.32. The normalized spacial score (nSPS) is 11.2. The van der Waals surface area contributed by atoms with E-state index in [-0.39, 0.29) is 0 Å². The summed E-state index contributed by atoms with van der Waals surface area (Å²) in [6.07, 6.45) is 0.810. The monoisotopic (exact) mass is 392 g/mol. The molecule has 106 valence electrons. The number of hydrogen-bond acceptors (Lipinski definition) is 2. The second-order valence-corrected chi connectivity index (χ2v) is 6.88. The molecule has 0 radical (unpaired) electrons. The van der Waals surface area contributed by atoms with Gasteiger partial charge in [0.2, 0.25) is 0 Å². The van der Waals surface area contributed by atoms with E-state index < -0.39 is 0 Å². The maximum Gasteiger partial charge on any atom is 0.161 e. The molecule has 0 amide bonds. The van der Waals surface area contributed by atoms with Gasteiger partial charge in [0.1, 0.15) is 5.15 Å². The Kier molecular flexibility index (Phi) is 5.30. The molecule has 0 N–H and O–H groups in total. The lowest BCUT2D eigenvalue weighted by molar-refractivity contribution is 0.632. The summed E-state index contributed by atoms with van der Waals surface area (Å²) >= 11 is 21.6. The van der Waals surface area contributed by atoms with Crippen LogP contribution in [0.25, 0.3) is 11.4 Å². The van der Waals surface area contributed by atoms with Crippen molar-refractivity contribution in [2.75, 3.05) is 0 Å². The fourth-order valence-electron chi connectivity index (χ4n) is 1.80. The number of halogens is 4. The largest absolute Gasteiger partial charge is 0.232 e. The summed E-state index contributed by atoms with van der Waals surface area (Å²) in [5.74, 6) is 0.992. The summed E-state index contributed by atoms with van der Waals surface area (Å²) in [6, 6.07) is 5.21. The Balaban J connectivity index is 2.54. The van der Waals surface area contributed by atoms with Gasteiger partial charge in [-0.2, -0.15) is 0 Å². The number of hydrogen-bond donors (Lipinski definition) is 0. The van der Waals surface area contributed by atoms with Crippen molar-refractivity contribution in [3.63, 3.8) is 0 Å². The van der Waals surface area contributed by atoms with Crippen LogP contribution >= 0.6 is 50.7 Å². The smallest absolute Gasteiger partial charge is 0.161 e. The third-order valence-corrected chi connectivity index (χ3v) is 4.37. The van der Waals surface area contributed by atoms with Crippen LogP contribution in [0.4, 0.5) is 0 Å². The summed E-state index contributed by atoms with van der Waals surface area (Å²) in [7, 11) is 0. The number of aromatic nitrogens is 2. The first kappa shape index (κ1) is 16.0. The van der Waals surface area contributed by atoms with Gasteiger partial charge in [-0.3, -0.25) is 0 Å². The van der Waals surface area contributed by atoms with E-state index in [0.29, 0.717) is 26.9 Å². The molecule has 0 bridgehead atoms. The van der Waals surface area contributed by atoms with Crippen LogP contribution in [-0.4, -0.2) is 9.97 Å². The third-order valence-electron chi connectivity index (χ3n) is 2.60. The zero-order chi connectivity index (χ0) is 14.9. The molecule has 6 heteroatoms. The van der Waals surface area contributed by atoms with Gasteiger partial charge >= 0.3 is 0 Å². The van der Waals surface area contributed by atoms with E-state index >= 15 is 0 Å². The molecule has 20 heavy (non-hydrogen) atoms. The summed E-state index contributed by atoms with van der Waals surface area (Å²) in [6.45, 7) is 4.25. The van der Waals surface area contributed by atoms with E-state index in [2.05, 4.69) is 39.7 Å². The lowest BCUT2D eigenvalue weighted by atomic mass is 10.1. The molecule has 1 heterocycles. The minimum absolute atomic E-state index is 0.391. The fraction of sp³-hybridized carbons (Fsp3) is 0.286. The molecular formula is C14H12BrCl3N2. The van der Waals surface area contributed by atoms with Gasteiger partial charge in [0, 0.05) is 15.6 Å². The molecule has 0 spiro atoms. The van der Waals surface area contributed by atoms with Crippen molar-refractivity contribution < 1.29 is 0 Å². The topological polar surface area (TPSA) is 25.8 Å². The zero-order valence-corrected chi connectivity index (χ0v) is 14.8. The molecule has 0 fully saturated rings. The highest BCUT2D eigenvalue weighted by Gasteiger charge is 2.14. The van der Waals surface area contributed by atoms with Crippen molar-refractivity contribution >= 4 is 50.7 Å². The fourth-order valence-corrected chi connectivity index (χ4v) is 2.85. The van der Waals surface area contributed by atoms with Gasteiger partial charge in [0.15, 0.2) is 5.82 Å². The molecule has 1 aromatic heterocycles. The van der Waals surface area contributed by atoms with Gasteiger partial charge < -0.3 is 0 Å². The van der Waals surface area contributed by atoms with Crippen molar-refractivity contribution in [2.45, 2.75) is 20.3 Å². The van der Waals surface area contributed by atoms with Crippen LogP contribution in [0.3, 0.4) is 0 Å². The van der Waals surface area contributed by atoms with Crippen LogP contribution in [0.2, 0.25) is 15.2 Å². The van der Waals surface area contributed by atoms with Gasteiger partial charge in [-0.25, -0.2) is 9.97 Å². The van der Waals surface area contributed by atoms with Crippen molar-refractivity contribution in [3.8, 4) is 11.4 Å². The third kappa shape index (κ3) is 3.85. The molecule has 0 aliphatic carbocycles. The molecule has 2 rings (SSSR count). The number of rotatable bonds is 3. The van der Waals surface area contributed by atoms with Crippen LogP contribution < -0.4 is 0 Å². The van der Waals surface area contributed by atoms with E-state index in [4.69, 9.17) is 34.8 Å². The Hall–Kier alpha value is -0.350. The van der Waals surface area contributed by atoms with Crippen LogP contribution in [-0.2, 0) is 6.42 Å². The Bertz CT molecular complexity index is 624. The number of nitrogens with zero attached hydrogens (tertiary/aromatic N) is 2. The molecule has 1 aromatic carbocycles. The first-order valence-electron chi connectivity index (χ1n) is 6.05. The maximum atomic E-state index is 6.17. The molecule has 0 atom stereocenters. The minimum atomic E-state index is 0.391. The van der Waals surface area contributed by atoms with E-state index in [1.165, 1.54) is 0 Å². The lowest BCUT2D eigenvalue weighted by Crippen LogP contribution is -2.02. The quantitative estimate of drug-likeness (QED) is 0.591. The highest BCUT2D eigenvalue weighted by atomic mass is 79.9. The molecule has 2 aromatic rings. The number of benzene rings is 1. The molecular weight excluding hydrogens is 382 g/mol. The average molecular weight is 395 g/mol. The Morgan fingerprint density at radius 2 is 1.65 bits per heavy atom. The second-order valence-electron chi connectivity index (χ2n) is 4.85. The van der Waals surface area contributed by atoms with Crippen molar-refractivity contribution in [3.05, 3.63) is 43.6 Å². The molecule has 0 saturated carbocycles. The van der Waals surface area contributed by atoms with Gasteiger partial charge in [0.25, 0.3) is 0 Å². The van der Waals surface area contributed by atoms with Crippen LogP contribution in [0.5, 0.6) is 0 Å². The maximum absolute atomic E-state index is 6.17. The Labute approximate surface area is 141 Å². The first-order valence-corrected chi connectivity index (χ1v) is 7.98. The van der Waals surface area contributed by atoms with E-state index in [0.717, 1.165) is 22.2 Å². The van der Waals surface area contributed by atoms with Crippen LogP contribution in [0, 0.1) is 5.92 Å². The van der Waals surface area contributed by atoms with E-state index in [1.807, 2.05) is 0 Å². The van der Waals surface area contributed by atoms with E-state index in [9.17, 15) is 0 Å². The molecule has 0 aliphatic heterocycles. The zero-order valence-electron chi connectivity index (χ0n) is 10.9. The Morgan fingerprint density at radius 1 is 1.05 bits per heavy atom. The predicted molar refractivity (Wildman–Crippen MR) is 88.7 cm³/mol. The summed E-state index contributed by atoms with van der Waals surface area (Å²) in [5.41, 5.74) is 1.63. The minimum Gasteiger partial charge on any atom is -0.232 e.